The van der Waals surface area contributed by atoms with Gasteiger partial charge >= 0.3 is 0 Å². The van der Waals surface area contributed by atoms with Crippen LogP contribution in [0.4, 0.5) is 5.13 Å². The Balaban J connectivity index is 1.69. The van der Waals surface area contributed by atoms with E-state index < -0.39 is 11.3 Å². The van der Waals surface area contributed by atoms with Crippen LogP contribution in [0.1, 0.15) is 23.0 Å². The van der Waals surface area contributed by atoms with Crippen LogP contribution in [-0.4, -0.2) is 27.8 Å². The van der Waals surface area contributed by atoms with E-state index in [1.807, 2.05) is 37.4 Å². The van der Waals surface area contributed by atoms with Crippen LogP contribution >= 0.6 is 22.9 Å². The highest BCUT2D eigenvalue weighted by atomic mass is 35.5. The molecule has 4 aromatic rings. The average Bonchev–Trinajstić information content (AvgIpc) is 3.22. The first-order valence-corrected chi connectivity index (χ1v) is 10.8. The van der Waals surface area contributed by atoms with Crippen molar-refractivity contribution in [2.75, 3.05) is 12.4 Å². The van der Waals surface area contributed by atoms with Gasteiger partial charge in [0.2, 0.25) is 5.43 Å². The summed E-state index contributed by atoms with van der Waals surface area (Å²) in [6.45, 7) is 4.36. The van der Waals surface area contributed by atoms with Crippen LogP contribution in [-0.2, 0) is 6.54 Å². The molecular formula is C22H19ClN4O3S. The van der Waals surface area contributed by atoms with E-state index in [9.17, 15) is 9.59 Å². The highest BCUT2D eigenvalue weighted by molar-refractivity contribution is 7.14. The second kappa shape index (κ2) is 8.49. The monoisotopic (exact) mass is 454 g/mol. The summed E-state index contributed by atoms with van der Waals surface area (Å²) in [5, 5.41) is 9.89. The molecule has 0 atom stereocenters. The summed E-state index contributed by atoms with van der Waals surface area (Å²) < 4.78 is 7.02. The van der Waals surface area contributed by atoms with Gasteiger partial charge in [-0.1, -0.05) is 23.2 Å². The standard InChI is InChI=1S/C22H19ClN4O3S/c1-4-27-17-7-6-13(23)10-15(17)20(28)19(26-27)21(29)25-22-24-16(11-31-22)14-9-12(2)5-8-18(14)30-3/h5-11H,4H2,1-3H3,(H,24,25,29). The number of nitrogens with one attached hydrogen (secondary N) is 1. The number of fused-ring (bicyclic) bond motifs is 1. The molecule has 0 aliphatic carbocycles. The lowest BCUT2D eigenvalue weighted by Crippen LogP contribution is -2.27. The molecule has 0 radical (unpaired) electrons. The molecule has 0 saturated carbocycles. The highest BCUT2D eigenvalue weighted by Crippen LogP contribution is 2.33. The molecule has 0 saturated heterocycles. The second-order valence-electron chi connectivity index (χ2n) is 6.85. The number of carbonyl (C=O) groups is 1. The zero-order valence-corrected chi connectivity index (χ0v) is 18.7. The third kappa shape index (κ3) is 4.04. The number of methoxy groups -OCH3 is 1. The van der Waals surface area contributed by atoms with Crippen LogP contribution < -0.4 is 15.5 Å². The molecule has 31 heavy (non-hydrogen) atoms. The molecule has 2 heterocycles. The number of halogens is 1. The first-order chi connectivity index (χ1) is 14.9. The Morgan fingerprint density at radius 1 is 1.26 bits per heavy atom. The van der Waals surface area contributed by atoms with E-state index in [1.165, 1.54) is 11.3 Å². The Morgan fingerprint density at radius 3 is 2.81 bits per heavy atom. The highest BCUT2D eigenvalue weighted by Gasteiger charge is 2.19. The number of carbonyl (C=O) groups excluding carboxylic acids is 1. The van der Waals surface area contributed by atoms with Gasteiger partial charge in [-0.05, 0) is 44.2 Å². The second-order valence-corrected chi connectivity index (χ2v) is 8.15. The molecule has 0 aliphatic rings. The third-order valence-corrected chi connectivity index (χ3v) is 5.78. The number of anilines is 1. The van der Waals surface area contributed by atoms with Gasteiger partial charge in [0.25, 0.3) is 5.91 Å². The van der Waals surface area contributed by atoms with E-state index in [-0.39, 0.29) is 5.69 Å². The zero-order chi connectivity index (χ0) is 22.1. The van der Waals surface area contributed by atoms with Crippen molar-refractivity contribution in [1.82, 2.24) is 14.8 Å². The van der Waals surface area contributed by atoms with Gasteiger partial charge in [0.1, 0.15) is 5.75 Å². The van der Waals surface area contributed by atoms with Crippen molar-refractivity contribution in [2.45, 2.75) is 20.4 Å². The predicted molar refractivity (Wildman–Crippen MR) is 123 cm³/mol. The van der Waals surface area contributed by atoms with Crippen molar-refractivity contribution in [3.63, 3.8) is 0 Å². The van der Waals surface area contributed by atoms with Crippen LogP contribution in [0.25, 0.3) is 22.2 Å². The van der Waals surface area contributed by atoms with Crippen molar-refractivity contribution in [1.29, 1.82) is 0 Å². The third-order valence-electron chi connectivity index (χ3n) is 4.79. The minimum atomic E-state index is -0.619. The first-order valence-electron chi connectivity index (χ1n) is 9.53. The van der Waals surface area contributed by atoms with Gasteiger partial charge in [0.15, 0.2) is 10.8 Å². The molecule has 0 unspecified atom stereocenters. The molecule has 2 aromatic carbocycles. The van der Waals surface area contributed by atoms with Crippen molar-refractivity contribution >= 4 is 44.9 Å². The molecule has 1 N–H and O–H groups in total. The van der Waals surface area contributed by atoms with Crippen LogP contribution in [0.15, 0.2) is 46.6 Å². The van der Waals surface area contributed by atoms with Crippen LogP contribution in [0.3, 0.4) is 0 Å². The van der Waals surface area contributed by atoms with Crippen LogP contribution in [0, 0.1) is 6.92 Å². The fourth-order valence-electron chi connectivity index (χ4n) is 3.29. The largest absolute Gasteiger partial charge is 0.496 e. The van der Waals surface area contributed by atoms with E-state index in [0.717, 1.165) is 11.1 Å². The normalized spacial score (nSPS) is 11.0. The summed E-state index contributed by atoms with van der Waals surface area (Å²) in [5.74, 6) is 0.0684. The molecule has 9 heteroatoms. The Bertz CT molecular complexity index is 1360. The van der Waals surface area contributed by atoms with Crippen LogP contribution in [0.2, 0.25) is 5.02 Å². The number of aromatic nitrogens is 3. The van der Waals surface area contributed by atoms with Gasteiger partial charge in [0.05, 0.1) is 23.7 Å². The number of thiazole rings is 1. The molecule has 0 fully saturated rings. The van der Waals surface area contributed by atoms with E-state index in [1.54, 1.807) is 30.0 Å². The molecule has 0 bridgehead atoms. The Hall–Kier alpha value is -3.23. The lowest BCUT2D eigenvalue weighted by atomic mass is 10.1. The van der Waals surface area contributed by atoms with Gasteiger partial charge in [-0.25, -0.2) is 4.98 Å². The average molecular weight is 455 g/mol. The summed E-state index contributed by atoms with van der Waals surface area (Å²) in [4.78, 5) is 30.3. The first kappa shape index (κ1) is 21.0. The molecular weight excluding hydrogens is 436 g/mol. The van der Waals surface area contributed by atoms with Gasteiger partial charge in [-0.15, -0.1) is 11.3 Å². The van der Waals surface area contributed by atoms with Crippen molar-refractivity contribution in [3.8, 4) is 17.0 Å². The fraction of sp³-hybridized carbons (Fsp3) is 0.182. The lowest BCUT2D eigenvalue weighted by Gasteiger charge is -2.10. The van der Waals surface area contributed by atoms with Crippen molar-refractivity contribution in [3.05, 3.63) is 68.3 Å². The van der Waals surface area contributed by atoms with E-state index >= 15 is 0 Å². The van der Waals surface area contributed by atoms with E-state index in [2.05, 4.69) is 15.4 Å². The smallest absolute Gasteiger partial charge is 0.281 e. The Kier molecular flexibility index (Phi) is 5.75. The molecule has 0 spiro atoms. The summed E-state index contributed by atoms with van der Waals surface area (Å²) in [6, 6.07) is 10.8. The molecule has 4 rings (SSSR count). The quantitative estimate of drug-likeness (QED) is 0.469. The van der Waals surface area contributed by atoms with Gasteiger partial charge in [0, 0.05) is 22.5 Å². The number of hydrogen-bond acceptors (Lipinski definition) is 6. The maximum atomic E-state index is 12.9. The summed E-state index contributed by atoms with van der Waals surface area (Å²) in [6.07, 6.45) is 0. The lowest BCUT2D eigenvalue weighted by molar-refractivity contribution is 0.101. The van der Waals surface area contributed by atoms with Crippen LogP contribution in [0.5, 0.6) is 5.75 Å². The number of rotatable bonds is 5. The number of aryl methyl sites for hydroxylation is 2. The molecule has 158 valence electrons. The number of ether oxygens (including phenoxy) is 1. The Labute approximate surface area is 187 Å². The van der Waals surface area contributed by atoms with Crippen molar-refractivity contribution in [2.24, 2.45) is 0 Å². The fourth-order valence-corrected chi connectivity index (χ4v) is 4.16. The van der Waals surface area contributed by atoms with E-state index in [4.69, 9.17) is 16.3 Å². The maximum absolute atomic E-state index is 12.9. The topological polar surface area (TPSA) is 86.1 Å². The minimum Gasteiger partial charge on any atom is -0.496 e. The summed E-state index contributed by atoms with van der Waals surface area (Å²) in [5.41, 5.74) is 2.50. The predicted octanol–water partition coefficient (Wildman–Crippen LogP) is 4.76. The molecule has 0 aliphatic heterocycles. The number of benzene rings is 2. The van der Waals surface area contributed by atoms with Crippen molar-refractivity contribution < 1.29 is 9.53 Å². The summed E-state index contributed by atoms with van der Waals surface area (Å²) >= 11 is 7.31. The SMILES string of the molecule is CCn1nc(C(=O)Nc2nc(-c3cc(C)ccc3OC)cs2)c(=O)c2cc(Cl)ccc21. The minimum absolute atomic E-state index is 0.207. The van der Waals surface area contributed by atoms with Gasteiger partial charge in [-0.3, -0.25) is 19.6 Å². The summed E-state index contributed by atoms with van der Waals surface area (Å²) in [7, 11) is 1.60. The molecule has 1 amide bonds. The Morgan fingerprint density at radius 2 is 2.06 bits per heavy atom. The number of nitrogens with zero attached hydrogens (tertiary/aromatic N) is 3. The van der Waals surface area contributed by atoms with Gasteiger partial charge in [-0.2, -0.15) is 5.10 Å². The number of hydrogen-bond donors (Lipinski definition) is 1. The molecule has 7 nitrogen and oxygen atoms in total. The van der Waals surface area contributed by atoms with E-state index in [0.29, 0.717) is 39.0 Å². The molecule has 2 aromatic heterocycles. The maximum Gasteiger partial charge on any atom is 0.281 e. The van der Waals surface area contributed by atoms with Gasteiger partial charge < -0.3 is 4.74 Å². The zero-order valence-electron chi connectivity index (χ0n) is 17.1. The number of amides is 1.